The summed E-state index contributed by atoms with van der Waals surface area (Å²) in [5.74, 6) is 0.961. The van der Waals surface area contributed by atoms with Crippen molar-refractivity contribution in [3.63, 3.8) is 0 Å². The maximum Gasteiger partial charge on any atom is 0.253 e. The average molecular weight is 353 g/mol. The highest BCUT2D eigenvalue weighted by Crippen LogP contribution is 2.32. The summed E-state index contributed by atoms with van der Waals surface area (Å²) in [7, 11) is 2.06. The standard InChI is InChI=1S/C19H23N5O2/c1-13(15-12-23(2)17-6-4-3-5-14(15)17)16-11-18(26-22-16)21-19(20)24-7-9-25-10-8-24/h3-6,11-13H,7-10H2,1-2H3,(H2,20,21). The van der Waals surface area contributed by atoms with Crippen LogP contribution in [0, 0.1) is 0 Å². The van der Waals surface area contributed by atoms with Crippen molar-refractivity contribution in [2.45, 2.75) is 12.8 Å². The Morgan fingerprint density at radius 2 is 2.04 bits per heavy atom. The number of hydrogen-bond acceptors (Lipinski definition) is 4. The zero-order valence-corrected chi connectivity index (χ0v) is 15.1. The summed E-state index contributed by atoms with van der Waals surface area (Å²) in [5, 5.41) is 5.44. The smallest absolute Gasteiger partial charge is 0.253 e. The molecule has 3 aromatic rings. The third-order valence-electron chi connectivity index (χ3n) is 4.91. The molecule has 1 unspecified atom stereocenters. The Kier molecular flexibility index (Phi) is 4.38. The molecule has 0 amide bonds. The highest BCUT2D eigenvalue weighted by molar-refractivity contribution is 5.85. The number of ether oxygens (including phenoxy) is 1. The molecular formula is C19H23N5O2. The molecule has 0 saturated carbocycles. The summed E-state index contributed by atoms with van der Waals surface area (Å²) in [6, 6.07) is 10.2. The zero-order valence-electron chi connectivity index (χ0n) is 15.1. The summed E-state index contributed by atoms with van der Waals surface area (Å²) >= 11 is 0. The lowest BCUT2D eigenvalue weighted by atomic mass is 9.97. The number of rotatable bonds is 3. The van der Waals surface area contributed by atoms with Gasteiger partial charge in [-0.3, -0.25) is 0 Å². The molecule has 0 bridgehead atoms. The van der Waals surface area contributed by atoms with Gasteiger partial charge in [0.05, 0.1) is 18.9 Å². The first kappa shape index (κ1) is 16.7. The van der Waals surface area contributed by atoms with Crippen LogP contribution in [0.1, 0.15) is 24.1 Å². The second-order valence-corrected chi connectivity index (χ2v) is 6.59. The lowest BCUT2D eigenvalue weighted by molar-refractivity contribution is 0.0675. The largest absolute Gasteiger partial charge is 0.378 e. The molecule has 2 N–H and O–H groups in total. The normalized spacial score (nSPS) is 17.0. The van der Waals surface area contributed by atoms with Gasteiger partial charge in [-0.1, -0.05) is 30.3 Å². The molecule has 26 heavy (non-hydrogen) atoms. The number of benzene rings is 1. The molecule has 1 aliphatic rings. The van der Waals surface area contributed by atoms with E-state index in [2.05, 4.69) is 53.1 Å². The Labute approximate surface area is 152 Å². The van der Waals surface area contributed by atoms with E-state index in [0.717, 1.165) is 18.8 Å². The first-order valence-corrected chi connectivity index (χ1v) is 8.81. The van der Waals surface area contributed by atoms with Gasteiger partial charge in [0, 0.05) is 49.2 Å². The lowest BCUT2D eigenvalue weighted by Crippen LogP contribution is -2.44. The van der Waals surface area contributed by atoms with Crippen molar-refractivity contribution in [2.75, 3.05) is 26.3 Å². The number of morpholine rings is 1. The highest BCUT2D eigenvalue weighted by Gasteiger charge is 2.19. The first-order chi connectivity index (χ1) is 12.6. The lowest BCUT2D eigenvalue weighted by Gasteiger charge is -2.27. The molecule has 7 nitrogen and oxygen atoms in total. The quantitative estimate of drug-likeness (QED) is 0.578. The van der Waals surface area contributed by atoms with E-state index < -0.39 is 0 Å². The number of aromatic nitrogens is 2. The summed E-state index contributed by atoms with van der Waals surface area (Å²) in [6.07, 6.45) is 2.15. The van der Waals surface area contributed by atoms with Crippen LogP contribution in [0.4, 0.5) is 5.88 Å². The number of fused-ring (bicyclic) bond motifs is 1. The Morgan fingerprint density at radius 3 is 2.85 bits per heavy atom. The van der Waals surface area contributed by atoms with Crippen LogP contribution in [0.15, 0.2) is 46.0 Å². The van der Waals surface area contributed by atoms with Gasteiger partial charge in [0.15, 0.2) is 5.96 Å². The van der Waals surface area contributed by atoms with Crippen molar-refractivity contribution in [3.8, 4) is 0 Å². The molecule has 7 heteroatoms. The van der Waals surface area contributed by atoms with Crippen LogP contribution in [-0.2, 0) is 11.8 Å². The molecule has 3 heterocycles. The summed E-state index contributed by atoms with van der Waals surface area (Å²) in [6.45, 7) is 4.93. The minimum atomic E-state index is 0.0958. The summed E-state index contributed by atoms with van der Waals surface area (Å²) < 4.78 is 12.9. The van der Waals surface area contributed by atoms with Gasteiger partial charge in [-0.15, -0.1) is 0 Å². The van der Waals surface area contributed by atoms with Crippen LogP contribution in [0.5, 0.6) is 0 Å². The number of hydrogen-bond donors (Lipinski definition) is 1. The van der Waals surface area contributed by atoms with E-state index in [9.17, 15) is 0 Å². The molecule has 1 aliphatic heterocycles. The molecule has 4 rings (SSSR count). The van der Waals surface area contributed by atoms with Crippen LogP contribution in [0.2, 0.25) is 0 Å². The molecule has 136 valence electrons. The third kappa shape index (κ3) is 3.06. The highest BCUT2D eigenvalue weighted by atomic mass is 16.5. The summed E-state index contributed by atoms with van der Waals surface area (Å²) in [4.78, 5) is 6.36. The molecular weight excluding hydrogens is 330 g/mol. The van der Waals surface area contributed by atoms with E-state index in [4.69, 9.17) is 15.0 Å². The molecule has 2 aromatic heterocycles. The SMILES string of the molecule is CC(c1cc(/N=C(\N)N2CCOCC2)on1)c1cn(C)c2ccccc12. The van der Waals surface area contributed by atoms with Crippen molar-refractivity contribution in [1.29, 1.82) is 0 Å². The number of para-hydroxylation sites is 1. The number of aryl methyl sites for hydroxylation is 1. The van der Waals surface area contributed by atoms with Crippen LogP contribution in [0.3, 0.4) is 0 Å². The Bertz CT molecular complexity index is 936. The maximum absolute atomic E-state index is 6.08. The monoisotopic (exact) mass is 353 g/mol. The van der Waals surface area contributed by atoms with Crippen molar-refractivity contribution in [3.05, 3.63) is 47.8 Å². The molecule has 0 radical (unpaired) electrons. The number of nitrogens with zero attached hydrogens (tertiary/aromatic N) is 4. The second-order valence-electron chi connectivity index (χ2n) is 6.59. The fourth-order valence-corrected chi connectivity index (χ4v) is 3.39. The molecule has 0 spiro atoms. The fraction of sp³-hybridized carbons (Fsp3) is 0.368. The van der Waals surface area contributed by atoms with Crippen molar-refractivity contribution in [1.82, 2.24) is 14.6 Å². The van der Waals surface area contributed by atoms with Crippen LogP contribution in [-0.4, -0.2) is 46.9 Å². The number of guanidine groups is 1. The molecule has 1 aromatic carbocycles. The van der Waals surface area contributed by atoms with Gasteiger partial charge in [0.2, 0.25) is 0 Å². The van der Waals surface area contributed by atoms with Gasteiger partial charge in [-0.2, -0.15) is 4.99 Å². The van der Waals surface area contributed by atoms with Crippen molar-refractivity contribution >= 4 is 22.7 Å². The predicted octanol–water partition coefficient (Wildman–Crippen LogP) is 2.60. The van der Waals surface area contributed by atoms with E-state index in [0.29, 0.717) is 25.1 Å². The summed E-state index contributed by atoms with van der Waals surface area (Å²) in [5.41, 5.74) is 9.34. The topological polar surface area (TPSA) is 81.8 Å². The van der Waals surface area contributed by atoms with E-state index in [-0.39, 0.29) is 5.92 Å². The number of nitrogens with two attached hydrogens (primary N) is 1. The molecule has 1 atom stereocenters. The van der Waals surface area contributed by atoms with E-state index in [1.54, 1.807) is 0 Å². The molecule has 0 aliphatic carbocycles. The second kappa shape index (κ2) is 6.84. The molecule has 1 fully saturated rings. The predicted molar refractivity (Wildman–Crippen MR) is 101 cm³/mol. The maximum atomic E-state index is 6.08. The van der Waals surface area contributed by atoms with Crippen molar-refractivity contribution in [2.24, 2.45) is 17.8 Å². The van der Waals surface area contributed by atoms with E-state index in [1.165, 1.54) is 16.5 Å². The Balaban J connectivity index is 1.59. The third-order valence-corrected chi connectivity index (χ3v) is 4.91. The van der Waals surface area contributed by atoms with Gasteiger partial charge < -0.3 is 24.5 Å². The van der Waals surface area contributed by atoms with E-state index >= 15 is 0 Å². The van der Waals surface area contributed by atoms with Gasteiger partial charge in [-0.05, 0) is 11.6 Å². The van der Waals surface area contributed by atoms with Crippen LogP contribution >= 0.6 is 0 Å². The minimum absolute atomic E-state index is 0.0958. The first-order valence-electron chi connectivity index (χ1n) is 8.81. The van der Waals surface area contributed by atoms with Gasteiger partial charge in [0.1, 0.15) is 0 Å². The van der Waals surface area contributed by atoms with Gasteiger partial charge in [-0.25, -0.2) is 0 Å². The fourth-order valence-electron chi connectivity index (χ4n) is 3.39. The minimum Gasteiger partial charge on any atom is -0.378 e. The Morgan fingerprint density at radius 1 is 1.27 bits per heavy atom. The van der Waals surface area contributed by atoms with Crippen LogP contribution < -0.4 is 5.73 Å². The average Bonchev–Trinajstić information content (AvgIpc) is 3.27. The van der Waals surface area contributed by atoms with Crippen molar-refractivity contribution < 1.29 is 9.26 Å². The molecule has 1 saturated heterocycles. The Hall–Kier alpha value is -2.80. The van der Waals surface area contributed by atoms with E-state index in [1.807, 2.05) is 17.0 Å². The van der Waals surface area contributed by atoms with Gasteiger partial charge >= 0.3 is 0 Å². The van der Waals surface area contributed by atoms with Gasteiger partial charge in [0.25, 0.3) is 5.88 Å². The van der Waals surface area contributed by atoms with Crippen LogP contribution in [0.25, 0.3) is 10.9 Å². The zero-order chi connectivity index (χ0) is 18.1. The number of aliphatic imine (C=N–C) groups is 1.